The largest absolute Gasteiger partial charge is 0.314 e. The van der Waals surface area contributed by atoms with Crippen molar-refractivity contribution in [3.05, 3.63) is 0 Å². The Morgan fingerprint density at radius 3 is 3.00 bits per heavy atom. The van der Waals surface area contributed by atoms with E-state index in [4.69, 9.17) is 5.26 Å². The lowest BCUT2D eigenvalue weighted by atomic mass is 10.3. The van der Waals surface area contributed by atoms with E-state index in [2.05, 4.69) is 10.3 Å². The molecule has 0 aromatic carbocycles. The molecule has 0 spiro atoms. The number of aliphatic imine (C=N–C) groups is 1. The predicted molar refractivity (Wildman–Crippen MR) is 26.0 cm³/mol. The van der Waals surface area contributed by atoms with Gasteiger partial charge >= 0.3 is 0 Å². The second-order valence-electron chi connectivity index (χ2n) is 1.32. The van der Waals surface area contributed by atoms with Gasteiger partial charge in [0.1, 0.15) is 0 Å². The van der Waals surface area contributed by atoms with Crippen LogP contribution in [0.1, 0.15) is 0 Å². The highest BCUT2D eigenvalue weighted by molar-refractivity contribution is 5.98. The van der Waals surface area contributed by atoms with Crippen LogP contribution in [-0.2, 0) is 4.79 Å². The van der Waals surface area contributed by atoms with Gasteiger partial charge in [0, 0.05) is 0 Å². The fourth-order valence-corrected chi connectivity index (χ4v) is 0.414. The van der Waals surface area contributed by atoms with Crippen LogP contribution in [0.25, 0.3) is 0 Å². The highest BCUT2D eigenvalue weighted by Crippen LogP contribution is 1.91. The Morgan fingerprint density at radius 2 is 2.75 bits per heavy atom. The van der Waals surface area contributed by atoms with E-state index in [0.717, 1.165) is 0 Å². The summed E-state index contributed by atoms with van der Waals surface area (Å²) in [6, 6.07) is 0.894. The molecule has 0 aromatic rings. The smallest absolute Gasteiger partial charge is 0.264 e. The normalized spacial score (nSPS) is 24.9. The molecule has 40 valence electrons. The van der Waals surface area contributed by atoms with Gasteiger partial charge < -0.3 is 5.32 Å². The van der Waals surface area contributed by atoms with E-state index >= 15 is 0 Å². The average molecular weight is 109 g/mol. The highest BCUT2D eigenvalue weighted by atomic mass is 16.2. The van der Waals surface area contributed by atoms with Crippen LogP contribution >= 0.6 is 0 Å². The highest BCUT2D eigenvalue weighted by Gasteiger charge is 2.18. The molecule has 0 saturated heterocycles. The van der Waals surface area contributed by atoms with Gasteiger partial charge in [0.05, 0.1) is 12.4 Å². The van der Waals surface area contributed by atoms with Gasteiger partial charge in [0.15, 0.2) is 0 Å². The van der Waals surface area contributed by atoms with Crippen LogP contribution in [0.3, 0.4) is 0 Å². The summed E-state index contributed by atoms with van der Waals surface area (Å²) in [5.74, 6) is -0.340. The van der Waals surface area contributed by atoms with Crippen LogP contribution in [-0.4, -0.2) is 18.3 Å². The summed E-state index contributed by atoms with van der Waals surface area (Å²) in [6.07, 6.45) is 1.23. The van der Waals surface area contributed by atoms with Gasteiger partial charge in [-0.3, -0.25) is 4.79 Å². The van der Waals surface area contributed by atoms with Crippen LogP contribution in [0.5, 0.6) is 0 Å². The third-order valence-electron chi connectivity index (χ3n) is 0.801. The Labute approximate surface area is 45.8 Å². The molecule has 0 bridgehead atoms. The molecule has 1 atom stereocenters. The van der Waals surface area contributed by atoms with Crippen molar-refractivity contribution in [1.82, 2.24) is 5.32 Å². The molecule has 0 aliphatic carbocycles. The molecule has 0 saturated carbocycles. The standard InChI is InChI=1S/C4H3N3O/c5-1-3-4(8)7-2-6-3/h2-3H,(H,6,7,8). The zero-order valence-corrected chi connectivity index (χ0v) is 3.96. The third kappa shape index (κ3) is 0.540. The third-order valence-corrected chi connectivity index (χ3v) is 0.801. The van der Waals surface area contributed by atoms with E-state index in [1.165, 1.54) is 6.34 Å². The number of nitrogens with one attached hydrogen (secondary N) is 1. The first-order chi connectivity index (χ1) is 3.84. The number of carbonyl (C=O) groups excluding carboxylic acids is 1. The molecule has 1 N–H and O–H groups in total. The van der Waals surface area contributed by atoms with E-state index < -0.39 is 6.04 Å². The lowest BCUT2D eigenvalue weighted by Gasteiger charge is -1.86. The fourth-order valence-electron chi connectivity index (χ4n) is 0.414. The van der Waals surface area contributed by atoms with Crippen molar-refractivity contribution in [2.24, 2.45) is 4.99 Å². The summed E-state index contributed by atoms with van der Waals surface area (Å²) < 4.78 is 0. The first kappa shape index (κ1) is 4.78. The molecule has 4 nitrogen and oxygen atoms in total. The molecule has 4 heteroatoms. The van der Waals surface area contributed by atoms with E-state index in [9.17, 15) is 4.79 Å². The molecule has 1 aliphatic rings. The Morgan fingerprint density at radius 1 is 2.00 bits per heavy atom. The SMILES string of the molecule is N#CC1N=CNC1=O. The topological polar surface area (TPSA) is 65.2 Å². The first-order valence-corrected chi connectivity index (χ1v) is 2.06. The van der Waals surface area contributed by atoms with Crippen molar-refractivity contribution in [3.63, 3.8) is 0 Å². The van der Waals surface area contributed by atoms with Gasteiger partial charge in [-0.05, 0) is 0 Å². The van der Waals surface area contributed by atoms with Crippen molar-refractivity contribution in [1.29, 1.82) is 5.26 Å². The van der Waals surface area contributed by atoms with E-state index in [-0.39, 0.29) is 5.91 Å². The number of nitrogens with zero attached hydrogens (tertiary/aromatic N) is 2. The zero-order valence-electron chi connectivity index (χ0n) is 3.96. The predicted octanol–water partition coefficient (Wildman–Crippen LogP) is -0.963. The van der Waals surface area contributed by atoms with Crippen LogP contribution in [0.2, 0.25) is 0 Å². The molecule has 1 aliphatic heterocycles. The molecule has 8 heavy (non-hydrogen) atoms. The molecular formula is C4H3N3O. The molecular weight excluding hydrogens is 106 g/mol. The number of rotatable bonds is 0. The number of carbonyl (C=O) groups is 1. The lowest BCUT2D eigenvalue weighted by Crippen LogP contribution is -2.23. The minimum Gasteiger partial charge on any atom is -0.314 e. The summed E-state index contributed by atoms with van der Waals surface area (Å²) in [5, 5.41) is 10.4. The van der Waals surface area contributed by atoms with Gasteiger partial charge in [-0.25, -0.2) is 4.99 Å². The second kappa shape index (κ2) is 1.62. The molecule has 1 heterocycles. The molecule has 0 radical (unpaired) electrons. The lowest BCUT2D eigenvalue weighted by molar-refractivity contribution is -0.118. The fraction of sp³-hybridized carbons (Fsp3) is 0.250. The molecule has 1 amide bonds. The molecule has 1 unspecified atom stereocenters. The van der Waals surface area contributed by atoms with E-state index in [0.29, 0.717) is 0 Å². The van der Waals surface area contributed by atoms with Gasteiger partial charge in [-0.15, -0.1) is 0 Å². The Hall–Kier alpha value is -1.37. The number of nitriles is 1. The van der Waals surface area contributed by atoms with Crippen molar-refractivity contribution >= 4 is 12.2 Å². The maximum absolute atomic E-state index is 10.3. The van der Waals surface area contributed by atoms with Crippen molar-refractivity contribution in [2.45, 2.75) is 6.04 Å². The molecule has 0 fully saturated rings. The van der Waals surface area contributed by atoms with Crippen LogP contribution in [0.4, 0.5) is 0 Å². The van der Waals surface area contributed by atoms with Crippen LogP contribution in [0, 0.1) is 11.3 Å². The van der Waals surface area contributed by atoms with Crippen molar-refractivity contribution < 1.29 is 4.79 Å². The maximum atomic E-state index is 10.3. The first-order valence-electron chi connectivity index (χ1n) is 2.06. The van der Waals surface area contributed by atoms with Crippen molar-refractivity contribution in [2.75, 3.05) is 0 Å². The van der Waals surface area contributed by atoms with E-state index in [1.807, 2.05) is 0 Å². The van der Waals surface area contributed by atoms with Gasteiger partial charge in [-0.2, -0.15) is 5.26 Å². The Kier molecular flexibility index (Phi) is 0.968. The second-order valence-corrected chi connectivity index (χ2v) is 1.32. The summed E-state index contributed by atoms with van der Waals surface area (Å²) >= 11 is 0. The summed E-state index contributed by atoms with van der Waals surface area (Å²) in [6.45, 7) is 0. The molecule has 0 aromatic heterocycles. The number of hydrogen-bond acceptors (Lipinski definition) is 3. The summed E-state index contributed by atoms with van der Waals surface area (Å²) in [5.41, 5.74) is 0. The summed E-state index contributed by atoms with van der Waals surface area (Å²) in [7, 11) is 0. The van der Waals surface area contributed by atoms with Gasteiger partial charge in [-0.1, -0.05) is 0 Å². The van der Waals surface area contributed by atoms with Crippen LogP contribution < -0.4 is 5.32 Å². The van der Waals surface area contributed by atoms with Crippen molar-refractivity contribution in [3.8, 4) is 6.07 Å². The van der Waals surface area contributed by atoms with E-state index in [1.54, 1.807) is 6.07 Å². The average Bonchev–Trinajstić information content (AvgIpc) is 2.14. The molecule has 1 rings (SSSR count). The van der Waals surface area contributed by atoms with Crippen LogP contribution in [0.15, 0.2) is 4.99 Å². The quantitative estimate of drug-likeness (QED) is 0.435. The van der Waals surface area contributed by atoms with Gasteiger partial charge in [0.2, 0.25) is 6.04 Å². The number of amides is 1. The number of hydrogen-bond donors (Lipinski definition) is 1. The Bertz CT molecular complexity index is 178. The summed E-state index contributed by atoms with van der Waals surface area (Å²) in [4.78, 5) is 13.8. The minimum absolute atomic E-state index is 0.340. The minimum atomic E-state index is -0.810. The monoisotopic (exact) mass is 109 g/mol. The maximum Gasteiger partial charge on any atom is 0.264 e. The Balaban J connectivity index is 2.71. The van der Waals surface area contributed by atoms with Gasteiger partial charge in [0.25, 0.3) is 5.91 Å². The zero-order chi connectivity index (χ0) is 5.98.